The van der Waals surface area contributed by atoms with Gasteiger partial charge >= 0.3 is 0 Å². The molecule has 0 fully saturated rings. The first kappa shape index (κ1) is 28.4. The highest BCUT2D eigenvalue weighted by molar-refractivity contribution is 7.81. The summed E-state index contributed by atoms with van der Waals surface area (Å²) in [7, 11) is -9.89. The number of ether oxygens (including phenoxy) is 3. The van der Waals surface area contributed by atoms with Crippen LogP contribution in [0.5, 0.6) is 34.5 Å². The Morgan fingerprint density at radius 2 is 1.32 bits per heavy atom. The molecule has 0 radical (unpaired) electrons. The zero-order chi connectivity index (χ0) is 29.1. The highest BCUT2D eigenvalue weighted by Gasteiger charge is 2.36. The number of aromatic hydroxyl groups is 3. The van der Waals surface area contributed by atoms with Crippen LogP contribution in [0.4, 0.5) is 0 Å². The smallest absolute Gasteiger partial charge is 0.282 e. The van der Waals surface area contributed by atoms with Crippen molar-refractivity contribution in [2.24, 2.45) is 0 Å². The molecule has 3 aromatic carbocycles. The van der Waals surface area contributed by atoms with Gasteiger partial charge in [0, 0.05) is 5.56 Å². The van der Waals surface area contributed by atoms with Crippen LogP contribution in [0.1, 0.15) is 22.8 Å². The molecule has 212 valence electrons. The summed E-state index contributed by atoms with van der Waals surface area (Å²) in [4.78, 5) is 0. The van der Waals surface area contributed by atoms with Crippen LogP contribution in [0.25, 0.3) is 12.2 Å². The fraction of sp³-hybridized carbons (Fsp3) is 0.0833. The molecule has 3 aromatic rings. The zero-order valence-corrected chi connectivity index (χ0v) is 21.4. The number of fused-ring (bicyclic) bond motifs is 1. The SMILES string of the molecule is O=S(=O)([O-])O/C=C/c1ccc(OC2Oc3cc(/C=C/OS(=O)(=O)[O-])ccc3OC2c2ccc(O)c(O)c2)c(O)c1. The Hall–Kier alpha value is -4.64. The standard InChI is InChI=1S/C24H20O14S2/c25-17-4-3-16(13-18(17)26)23-24(37-20-5-1-14(11-19(20)27)7-9-34-39(28,29)30)38-22-12-15(2-6-21(22)36-23)8-10-35-40(31,32)33/h1-13,23-27H,(H,28,29,30)(H,31,32,33)/p-2/b9-7+,10-8+. The summed E-state index contributed by atoms with van der Waals surface area (Å²) < 4.78 is 89.4. The lowest BCUT2D eigenvalue weighted by Crippen LogP contribution is -2.37. The largest absolute Gasteiger partial charge is 0.716 e. The Labute approximate surface area is 227 Å². The van der Waals surface area contributed by atoms with E-state index in [1.165, 1.54) is 60.7 Å². The van der Waals surface area contributed by atoms with Crippen LogP contribution in [-0.4, -0.2) is 47.6 Å². The predicted octanol–water partition coefficient (Wildman–Crippen LogP) is 2.62. The minimum atomic E-state index is -4.95. The molecule has 0 spiro atoms. The van der Waals surface area contributed by atoms with Crippen molar-refractivity contribution in [1.82, 2.24) is 0 Å². The van der Waals surface area contributed by atoms with Crippen LogP contribution in [0, 0.1) is 0 Å². The van der Waals surface area contributed by atoms with Crippen molar-refractivity contribution in [2.45, 2.75) is 12.4 Å². The first-order chi connectivity index (χ1) is 18.8. The van der Waals surface area contributed by atoms with Crippen LogP contribution >= 0.6 is 0 Å². The second-order valence-electron chi connectivity index (χ2n) is 7.94. The maximum absolute atomic E-state index is 10.6. The Bertz CT molecular complexity index is 1680. The molecule has 0 saturated heterocycles. The number of hydrogen-bond donors (Lipinski definition) is 3. The van der Waals surface area contributed by atoms with Crippen molar-refractivity contribution in [1.29, 1.82) is 0 Å². The first-order valence-corrected chi connectivity index (χ1v) is 13.5. The average Bonchev–Trinajstić information content (AvgIpc) is 2.85. The molecule has 16 heteroatoms. The lowest BCUT2D eigenvalue weighted by Gasteiger charge is -2.34. The van der Waals surface area contributed by atoms with Crippen LogP contribution < -0.4 is 14.2 Å². The Morgan fingerprint density at radius 1 is 0.700 bits per heavy atom. The molecule has 1 heterocycles. The van der Waals surface area contributed by atoms with E-state index in [-0.39, 0.29) is 28.6 Å². The van der Waals surface area contributed by atoms with E-state index in [2.05, 4.69) is 8.37 Å². The number of benzene rings is 3. The van der Waals surface area contributed by atoms with Crippen molar-refractivity contribution < 1.29 is 63.8 Å². The van der Waals surface area contributed by atoms with Gasteiger partial charge in [-0.3, -0.25) is 0 Å². The second kappa shape index (κ2) is 11.2. The second-order valence-corrected chi connectivity index (χ2v) is 9.96. The topological polar surface area (TPSA) is 221 Å². The molecular weight excluding hydrogens is 576 g/mol. The summed E-state index contributed by atoms with van der Waals surface area (Å²) in [5.74, 6) is -1.02. The zero-order valence-electron chi connectivity index (χ0n) is 19.8. The summed E-state index contributed by atoms with van der Waals surface area (Å²) in [6.07, 6.45) is 1.23. The van der Waals surface area contributed by atoms with E-state index < -0.39 is 44.7 Å². The summed E-state index contributed by atoms with van der Waals surface area (Å²) in [6.45, 7) is 0. The van der Waals surface area contributed by atoms with Crippen LogP contribution in [0.15, 0.2) is 67.1 Å². The molecule has 0 aromatic heterocycles. The maximum atomic E-state index is 10.6. The lowest BCUT2D eigenvalue weighted by atomic mass is 10.1. The number of rotatable bonds is 9. The summed E-state index contributed by atoms with van der Waals surface area (Å²) >= 11 is 0. The minimum Gasteiger partial charge on any atom is -0.716 e. The molecule has 0 saturated carbocycles. The average molecular weight is 595 g/mol. The van der Waals surface area contributed by atoms with Gasteiger partial charge in [-0.25, -0.2) is 16.8 Å². The fourth-order valence-corrected chi connectivity index (χ4v) is 3.82. The molecule has 3 N–H and O–H groups in total. The Kier molecular flexibility index (Phi) is 7.96. The van der Waals surface area contributed by atoms with E-state index in [0.717, 1.165) is 6.08 Å². The van der Waals surface area contributed by atoms with E-state index in [1.54, 1.807) is 0 Å². The summed E-state index contributed by atoms with van der Waals surface area (Å²) in [5, 5.41) is 30.2. The van der Waals surface area contributed by atoms with Gasteiger partial charge in [0.25, 0.3) is 27.1 Å². The molecule has 0 bridgehead atoms. The van der Waals surface area contributed by atoms with E-state index in [1.807, 2.05) is 0 Å². The Morgan fingerprint density at radius 3 is 1.93 bits per heavy atom. The van der Waals surface area contributed by atoms with Gasteiger partial charge in [0.05, 0.1) is 0 Å². The normalized spacial score (nSPS) is 17.1. The van der Waals surface area contributed by atoms with Gasteiger partial charge in [-0.2, -0.15) is 0 Å². The third-order valence-electron chi connectivity index (χ3n) is 5.13. The van der Waals surface area contributed by atoms with Gasteiger partial charge in [0.1, 0.15) is 12.5 Å². The molecular formula is C24H18O14S2-2. The monoisotopic (exact) mass is 594 g/mol. The van der Waals surface area contributed by atoms with E-state index >= 15 is 0 Å². The number of phenols is 3. The summed E-state index contributed by atoms with van der Waals surface area (Å²) in [6, 6.07) is 12.2. The predicted molar refractivity (Wildman–Crippen MR) is 132 cm³/mol. The lowest BCUT2D eigenvalue weighted by molar-refractivity contribution is -0.0988. The van der Waals surface area contributed by atoms with Crippen LogP contribution in [0.3, 0.4) is 0 Å². The highest BCUT2D eigenvalue weighted by Crippen LogP contribution is 2.43. The third-order valence-corrected chi connectivity index (χ3v) is 5.83. The highest BCUT2D eigenvalue weighted by atomic mass is 32.3. The van der Waals surface area contributed by atoms with Crippen LogP contribution in [0.2, 0.25) is 0 Å². The maximum Gasteiger partial charge on any atom is 0.282 e. The molecule has 14 nitrogen and oxygen atoms in total. The van der Waals surface area contributed by atoms with E-state index in [4.69, 9.17) is 14.2 Å². The van der Waals surface area contributed by atoms with Crippen molar-refractivity contribution in [3.8, 4) is 34.5 Å². The quantitative estimate of drug-likeness (QED) is 0.140. The molecule has 0 aliphatic carbocycles. The molecule has 2 unspecified atom stereocenters. The molecule has 4 rings (SSSR count). The molecule has 40 heavy (non-hydrogen) atoms. The fourth-order valence-electron chi connectivity index (χ4n) is 3.44. The molecule has 1 aliphatic rings. The van der Waals surface area contributed by atoms with Crippen molar-refractivity contribution >= 4 is 33.0 Å². The third kappa shape index (κ3) is 7.48. The van der Waals surface area contributed by atoms with Gasteiger partial charge in [0.2, 0.25) is 0 Å². The van der Waals surface area contributed by atoms with E-state index in [0.29, 0.717) is 23.7 Å². The van der Waals surface area contributed by atoms with Crippen molar-refractivity contribution in [3.05, 3.63) is 83.8 Å². The molecule has 0 amide bonds. The van der Waals surface area contributed by atoms with Crippen molar-refractivity contribution in [3.63, 3.8) is 0 Å². The number of phenolic OH excluding ortho intramolecular Hbond substituents is 3. The van der Waals surface area contributed by atoms with E-state index in [9.17, 15) is 41.3 Å². The molecule has 1 aliphatic heterocycles. The van der Waals surface area contributed by atoms with Crippen molar-refractivity contribution in [2.75, 3.05) is 0 Å². The van der Waals surface area contributed by atoms with Gasteiger partial charge in [0.15, 0.2) is 40.6 Å². The summed E-state index contributed by atoms with van der Waals surface area (Å²) in [5.41, 5.74) is 0.921. The Balaban J connectivity index is 1.63. The van der Waals surface area contributed by atoms with Gasteiger partial charge < -0.3 is 47.0 Å². The minimum absolute atomic E-state index is 0.107. The van der Waals surface area contributed by atoms with Gasteiger partial charge in [-0.05, 0) is 59.7 Å². The molecule has 2 atom stereocenters. The first-order valence-electron chi connectivity index (χ1n) is 10.9. The van der Waals surface area contributed by atoms with Crippen LogP contribution in [-0.2, 0) is 29.2 Å². The number of hydrogen-bond acceptors (Lipinski definition) is 14. The van der Waals surface area contributed by atoms with Gasteiger partial charge in [-0.15, -0.1) is 0 Å². The van der Waals surface area contributed by atoms with Gasteiger partial charge in [-0.1, -0.05) is 18.2 Å².